The van der Waals surface area contributed by atoms with Crippen molar-refractivity contribution in [1.29, 1.82) is 0 Å². The molecule has 0 saturated heterocycles. The zero-order chi connectivity index (χ0) is 9.97. The van der Waals surface area contributed by atoms with Gasteiger partial charge in [-0.2, -0.15) is 0 Å². The molecule has 2 nitrogen and oxygen atoms in total. The minimum Gasteiger partial charge on any atom is -0.271 e. The SMILES string of the molecule is Cc1ccc(N2C=[N+](C)CCC2)cc1. The third-order valence-corrected chi connectivity index (χ3v) is 2.61. The van der Waals surface area contributed by atoms with Crippen LogP contribution in [0.4, 0.5) is 5.69 Å². The molecule has 0 radical (unpaired) electrons. The van der Waals surface area contributed by atoms with Crippen LogP contribution < -0.4 is 4.90 Å². The molecule has 0 aromatic heterocycles. The smallest absolute Gasteiger partial charge is 0.239 e. The molecule has 0 spiro atoms. The number of rotatable bonds is 1. The Morgan fingerprint density at radius 2 is 1.93 bits per heavy atom. The molecule has 1 aliphatic heterocycles. The van der Waals surface area contributed by atoms with E-state index >= 15 is 0 Å². The summed E-state index contributed by atoms with van der Waals surface area (Å²) in [6, 6.07) is 8.70. The highest BCUT2D eigenvalue weighted by atomic mass is 15.2. The summed E-state index contributed by atoms with van der Waals surface area (Å²) in [5.74, 6) is 0. The third kappa shape index (κ3) is 1.95. The summed E-state index contributed by atoms with van der Waals surface area (Å²) >= 11 is 0. The first kappa shape index (κ1) is 9.25. The maximum atomic E-state index is 2.31. The molecule has 1 aromatic rings. The zero-order valence-corrected chi connectivity index (χ0v) is 8.90. The summed E-state index contributed by atoms with van der Waals surface area (Å²) in [6.45, 7) is 4.42. The molecule has 2 heteroatoms. The van der Waals surface area contributed by atoms with Crippen molar-refractivity contribution in [3.63, 3.8) is 0 Å². The van der Waals surface area contributed by atoms with Crippen molar-refractivity contribution >= 4 is 12.0 Å². The average molecular weight is 189 g/mol. The molecule has 0 amide bonds. The first-order valence-electron chi connectivity index (χ1n) is 5.14. The Hall–Kier alpha value is -1.31. The van der Waals surface area contributed by atoms with E-state index in [0.29, 0.717) is 0 Å². The van der Waals surface area contributed by atoms with Gasteiger partial charge in [-0.25, -0.2) is 4.90 Å². The summed E-state index contributed by atoms with van der Waals surface area (Å²) in [6.07, 6.45) is 3.43. The second kappa shape index (κ2) is 3.82. The van der Waals surface area contributed by atoms with Gasteiger partial charge in [-0.1, -0.05) is 17.7 Å². The molecule has 1 aromatic carbocycles. The van der Waals surface area contributed by atoms with Crippen LogP contribution in [0, 0.1) is 6.92 Å². The summed E-state index contributed by atoms with van der Waals surface area (Å²) < 4.78 is 2.24. The van der Waals surface area contributed by atoms with Gasteiger partial charge in [0.2, 0.25) is 6.34 Å². The fourth-order valence-electron chi connectivity index (χ4n) is 1.78. The highest BCUT2D eigenvalue weighted by molar-refractivity contribution is 5.76. The normalized spacial score (nSPS) is 16.7. The van der Waals surface area contributed by atoms with Gasteiger partial charge in [0.25, 0.3) is 0 Å². The van der Waals surface area contributed by atoms with Crippen molar-refractivity contribution in [2.45, 2.75) is 13.3 Å². The molecule has 0 N–H and O–H groups in total. The van der Waals surface area contributed by atoms with Crippen LogP contribution in [0.2, 0.25) is 0 Å². The molecule has 1 heterocycles. The fourth-order valence-corrected chi connectivity index (χ4v) is 1.78. The molecule has 74 valence electrons. The zero-order valence-electron chi connectivity index (χ0n) is 8.90. The summed E-state index contributed by atoms with van der Waals surface area (Å²) in [7, 11) is 2.13. The lowest BCUT2D eigenvalue weighted by atomic mass is 10.2. The fraction of sp³-hybridized carbons (Fsp3) is 0.417. The van der Waals surface area contributed by atoms with Gasteiger partial charge in [-0.15, -0.1) is 0 Å². The minimum absolute atomic E-state index is 1.13. The average Bonchev–Trinajstić information content (AvgIpc) is 2.19. The Labute approximate surface area is 85.5 Å². The predicted molar refractivity (Wildman–Crippen MR) is 60.3 cm³/mol. The molecule has 0 saturated carbocycles. The van der Waals surface area contributed by atoms with E-state index in [1.54, 1.807) is 0 Å². The molecule has 0 unspecified atom stereocenters. The van der Waals surface area contributed by atoms with E-state index in [1.165, 1.54) is 24.2 Å². The van der Waals surface area contributed by atoms with Crippen LogP contribution in [0.5, 0.6) is 0 Å². The molecule has 14 heavy (non-hydrogen) atoms. The van der Waals surface area contributed by atoms with Crippen LogP contribution in [-0.4, -0.2) is 31.1 Å². The number of anilines is 1. The molecule has 0 bridgehead atoms. The van der Waals surface area contributed by atoms with Crippen molar-refractivity contribution in [3.05, 3.63) is 29.8 Å². The third-order valence-electron chi connectivity index (χ3n) is 2.61. The Balaban J connectivity index is 2.22. The topological polar surface area (TPSA) is 6.25 Å². The van der Waals surface area contributed by atoms with Crippen LogP contribution in [0.3, 0.4) is 0 Å². The van der Waals surface area contributed by atoms with Crippen molar-refractivity contribution < 1.29 is 4.58 Å². The van der Waals surface area contributed by atoms with Crippen molar-refractivity contribution in [2.75, 3.05) is 25.0 Å². The first-order valence-corrected chi connectivity index (χ1v) is 5.14. The van der Waals surface area contributed by atoms with Crippen LogP contribution >= 0.6 is 0 Å². The molecule has 1 aliphatic rings. The lowest BCUT2D eigenvalue weighted by Gasteiger charge is -2.18. The molecule has 0 atom stereocenters. The maximum absolute atomic E-state index is 2.31. The number of benzene rings is 1. The highest BCUT2D eigenvalue weighted by Crippen LogP contribution is 2.15. The van der Waals surface area contributed by atoms with Gasteiger partial charge in [-0.3, -0.25) is 4.58 Å². The Morgan fingerprint density at radius 3 is 2.57 bits per heavy atom. The molecular weight excluding hydrogens is 172 g/mol. The van der Waals surface area contributed by atoms with Gasteiger partial charge >= 0.3 is 0 Å². The van der Waals surface area contributed by atoms with E-state index in [2.05, 4.69) is 54.1 Å². The van der Waals surface area contributed by atoms with E-state index in [0.717, 1.165) is 6.54 Å². The first-order chi connectivity index (χ1) is 6.75. The number of hydrogen-bond donors (Lipinski definition) is 0. The summed E-state index contributed by atoms with van der Waals surface area (Å²) in [5, 5.41) is 0. The highest BCUT2D eigenvalue weighted by Gasteiger charge is 2.15. The van der Waals surface area contributed by atoms with Crippen LogP contribution in [0.25, 0.3) is 0 Å². The van der Waals surface area contributed by atoms with Gasteiger partial charge in [0.1, 0.15) is 5.69 Å². The van der Waals surface area contributed by atoms with E-state index in [9.17, 15) is 0 Å². The Morgan fingerprint density at radius 1 is 1.21 bits per heavy atom. The minimum atomic E-state index is 1.13. The van der Waals surface area contributed by atoms with Crippen LogP contribution in [0.15, 0.2) is 24.3 Å². The van der Waals surface area contributed by atoms with Gasteiger partial charge in [0, 0.05) is 6.42 Å². The summed E-state index contributed by atoms with van der Waals surface area (Å²) in [4.78, 5) is 2.31. The predicted octanol–water partition coefficient (Wildman–Crippen LogP) is 1.88. The van der Waals surface area contributed by atoms with Gasteiger partial charge in [-0.05, 0) is 19.1 Å². The number of hydrogen-bond acceptors (Lipinski definition) is 1. The molecule has 2 rings (SSSR count). The standard InChI is InChI=1S/C12H17N2/c1-11-4-6-12(7-5-11)14-9-3-8-13(2)10-14/h4-7,10H,3,8-9H2,1-2H3/q+1. The van der Waals surface area contributed by atoms with Crippen molar-refractivity contribution in [3.8, 4) is 0 Å². The van der Waals surface area contributed by atoms with Gasteiger partial charge in [0.15, 0.2) is 0 Å². The largest absolute Gasteiger partial charge is 0.271 e. The monoisotopic (exact) mass is 189 g/mol. The van der Waals surface area contributed by atoms with Gasteiger partial charge in [0.05, 0.1) is 20.1 Å². The van der Waals surface area contributed by atoms with E-state index in [1.807, 2.05) is 0 Å². The molecule has 0 aliphatic carbocycles. The number of aryl methyl sites for hydroxylation is 1. The van der Waals surface area contributed by atoms with Crippen LogP contribution in [-0.2, 0) is 0 Å². The van der Waals surface area contributed by atoms with E-state index in [4.69, 9.17) is 0 Å². The van der Waals surface area contributed by atoms with Crippen LogP contribution in [0.1, 0.15) is 12.0 Å². The summed E-state index contributed by atoms with van der Waals surface area (Å²) in [5.41, 5.74) is 2.61. The van der Waals surface area contributed by atoms with Crippen molar-refractivity contribution in [2.24, 2.45) is 0 Å². The second-order valence-electron chi connectivity index (χ2n) is 3.98. The second-order valence-corrected chi connectivity index (χ2v) is 3.98. The molecule has 0 fully saturated rings. The lowest BCUT2D eigenvalue weighted by molar-refractivity contribution is -0.496. The lowest BCUT2D eigenvalue weighted by Crippen LogP contribution is -2.34. The Kier molecular flexibility index (Phi) is 2.53. The van der Waals surface area contributed by atoms with Gasteiger partial charge < -0.3 is 0 Å². The number of nitrogens with zero attached hydrogens (tertiary/aromatic N) is 2. The molecular formula is C12H17N2+. The Bertz CT molecular complexity index is 338. The van der Waals surface area contributed by atoms with Crippen molar-refractivity contribution in [1.82, 2.24) is 0 Å². The quantitative estimate of drug-likeness (QED) is 0.611. The van der Waals surface area contributed by atoms with E-state index in [-0.39, 0.29) is 0 Å². The maximum Gasteiger partial charge on any atom is 0.239 e. The van der Waals surface area contributed by atoms with E-state index < -0.39 is 0 Å².